The summed E-state index contributed by atoms with van der Waals surface area (Å²) in [6.45, 7) is 1.55. The lowest BCUT2D eigenvalue weighted by atomic mass is 10.1. The molecule has 0 atom stereocenters. The highest BCUT2D eigenvalue weighted by atomic mass is 16.8. The zero-order valence-electron chi connectivity index (χ0n) is 7.95. The molecule has 5 heteroatoms. The molecule has 0 aliphatic heterocycles. The van der Waals surface area contributed by atoms with E-state index < -0.39 is 0 Å². The number of nitrogens with zero attached hydrogens (tertiary/aromatic N) is 1. The number of methoxy groups -OCH3 is 1. The van der Waals surface area contributed by atoms with E-state index in [1.807, 2.05) is 0 Å². The van der Waals surface area contributed by atoms with Gasteiger partial charge in [-0.2, -0.15) is 0 Å². The molecule has 0 aliphatic carbocycles. The predicted octanol–water partition coefficient (Wildman–Crippen LogP) is 1.08. The van der Waals surface area contributed by atoms with Crippen molar-refractivity contribution >= 4 is 11.7 Å². The van der Waals surface area contributed by atoms with Crippen LogP contribution in [0.25, 0.3) is 0 Å². The third kappa shape index (κ3) is 5.95. The molecule has 0 aliphatic rings. The molecule has 13 heavy (non-hydrogen) atoms. The normalized spacial score (nSPS) is 12.2. The van der Waals surface area contributed by atoms with E-state index in [9.17, 15) is 10.0 Å². The summed E-state index contributed by atoms with van der Waals surface area (Å²) in [5, 5.41) is 18.7. The Morgan fingerprint density at radius 3 is 2.46 bits per heavy atom. The van der Waals surface area contributed by atoms with Crippen molar-refractivity contribution in [1.82, 2.24) is 0 Å². The molecule has 0 heterocycles. The Morgan fingerprint density at radius 1 is 1.46 bits per heavy atom. The Labute approximate surface area is 77.2 Å². The summed E-state index contributed by atoms with van der Waals surface area (Å²) < 4.78 is 4.44. The largest absolute Gasteiger partial charge is 0.469 e. The summed E-state index contributed by atoms with van der Waals surface area (Å²) in [7, 11) is 1.34. The van der Waals surface area contributed by atoms with Crippen LogP contribution in [-0.4, -0.2) is 28.9 Å². The number of carbonyl (C=O) groups excluding carboxylic acids is 1. The van der Waals surface area contributed by atoms with E-state index >= 15 is 0 Å². The van der Waals surface area contributed by atoms with E-state index in [4.69, 9.17) is 5.21 Å². The van der Waals surface area contributed by atoms with Gasteiger partial charge < -0.3 is 9.94 Å². The summed E-state index contributed by atoms with van der Waals surface area (Å²) in [5.41, 5.74) is 0.352. The van der Waals surface area contributed by atoms with E-state index in [-0.39, 0.29) is 10.9 Å². The standard InChI is InChI=1S/C8H15NO4/c1-7(9(11)12)5-3-4-6-8(10)13-2/h3-6H2,1-2H3,(H,11,12). The minimum absolute atomic E-state index is 0.141. The van der Waals surface area contributed by atoms with E-state index in [1.54, 1.807) is 6.92 Å². The molecule has 1 N–H and O–H groups in total. The van der Waals surface area contributed by atoms with Crippen LogP contribution in [0.1, 0.15) is 32.6 Å². The first kappa shape index (κ1) is 11.7. The van der Waals surface area contributed by atoms with Crippen LogP contribution in [0.4, 0.5) is 0 Å². The fourth-order valence-electron chi connectivity index (χ4n) is 0.848. The highest BCUT2D eigenvalue weighted by Crippen LogP contribution is 2.01. The Hall–Kier alpha value is -1.26. The third-order valence-electron chi connectivity index (χ3n) is 1.72. The first-order chi connectivity index (χ1) is 6.07. The summed E-state index contributed by atoms with van der Waals surface area (Å²) in [5.74, 6) is -0.249. The molecule has 0 fully saturated rings. The van der Waals surface area contributed by atoms with Crippen LogP contribution in [0.2, 0.25) is 0 Å². The molecule has 5 nitrogen and oxygen atoms in total. The Balaban J connectivity index is 3.47. The minimum Gasteiger partial charge on any atom is -0.469 e. The SMILES string of the molecule is COC(=O)CCCC/C(C)=[N+](\[O-])O. The molecule has 76 valence electrons. The Bertz CT molecular complexity index is 196. The van der Waals surface area contributed by atoms with Crippen molar-refractivity contribution < 1.29 is 19.6 Å². The van der Waals surface area contributed by atoms with Gasteiger partial charge in [-0.15, -0.1) is 0 Å². The molecular formula is C8H15NO4. The van der Waals surface area contributed by atoms with Crippen molar-refractivity contribution in [3.63, 3.8) is 0 Å². The molecule has 0 aromatic heterocycles. The van der Waals surface area contributed by atoms with Crippen LogP contribution in [0.3, 0.4) is 0 Å². The van der Waals surface area contributed by atoms with Gasteiger partial charge in [0, 0.05) is 24.7 Å². The second kappa shape index (κ2) is 6.28. The molecular weight excluding hydrogens is 174 g/mol. The fourth-order valence-corrected chi connectivity index (χ4v) is 0.848. The maximum atomic E-state index is 10.6. The number of hydrogen-bond acceptors (Lipinski definition) is 4. The number of carbonyl (C=O) groups is 1. The van der Waals surface area contributed by atoms with Crippen molar-refractivity contribution in [2.75, 3.05) is 7.11 Å². The molecule has 0 saturated heterocycles. The molecule has 0 unspecified atom stereocenters. The number of rotatable bonds is 5. The summed E-state index contributed by atoms with van der Waals surface area (Å²) in [4.78, 5) is 10.5. The van der Waals surface area contributed by atoms with Crippen LogP contribution >= 0.6 is 0 Å². The molecule has 0 aromatic rings. The van der Waals surface area contributed by atoms with Crippen molar-refractivity contribution in [3.8, 4) is 0 Å². The van der Waals surface area contributed by atoms with E-state index in [2.05, 4.69) is 4.74 Å². The van der Waals surface area contributed by atoms with Crippen molar-refractivity contribution in [2.24, 2.45) is 0 Å². The maximum Gasteiger partial charge on any atom is 0.305 e. The number of esters is 1. The predicted molar refractivity (Wildman–Crippen MR) is 46.6 cm³/mol. The number of unbranched alkanes of at least 4 members (excludes halogenated alkanes) is 1. The second-order valence-electron chi connectivity index (χ2n) is 2.79. The first-order valence-corrected chi connectivity index (χ1v) is 4.13. The van der Waals surface area contributed by atoms with Gasteiger partial charge in [-0.05, 0) is 12.8 Å². The zero-order valence-corrected chi connectivity index (χ0v) is 7.95. The van der Waals surface area contributed by atoms with Gasteiger partial charge >= 0.3 is 5.97 Å². The van der Waals surface area contributed by atoms with Crippen molar-refractivity contribution in [1.29, 1.82) is 0 Å². The van der Waals surface area contributed by atoms with Gasteiger partial charge in [0.2, 0.25) is 5.71 Å². The van der Waals surface area contributed by atoms with E-state index in [1.165, 1.54) is 7.11 Å². The third-order valence-corrected chi connectivity index (χ3v) is 1.72. The molecule has 0 aromatic carbocycles. The van der Waals surface area contributed by atoms with Gasteiger partial charge in [-0.3, -0.25) is 10.0 Å². The van der Waals surface area contributed by atoms with Gasteiger partial charge in [0.05, 0.1) is 7.11 Å². The van der Waals surface area contributed by atoms with Gasteiger partial charge in [-0.25, -0.2) is 0 Å². The topological polar surface area (TPSA) is 72.6 Å². The maximum absolute atomic E-state index is 10.6. The second-order valence-corrected chi connectivity index (χ2v) is 2.79. The van der Waals surface area contributed by atoms with Gasteiger partial charge in [0.15, 0.2) is 0 Å². The minimum atomic E-state index is -0.249. The first-order valence-electron chi connectivity index (χ1n) is 4.13. The number of ether oxygens (including phenoxy) is 1. The fraction of sp³-hybridized carbons (Fsp3) is 0.750. The lowest BCUT2D eigenvalue weighted by Crippen LogP contribution is -2.08. The zero-order chi connectivity index (χ0) is 10.3. The summed E-state index contributed by atoms with van der Waals surface area (Å²) in [6, 6.07) is 0. The molecule has 0 spiro atoms. The lowest BCUT2D eigenvalue weighted by Gasteiger charge is -1.98. The highest BCUT2D eigenvalue weighted by Gasteiger charge is 2.04. The monoisotopic (exact) mass is 189 g/mol. The van der Waals surface area contributed by atoms with Crippen LogP contribution < -0.4 is 0 Å². The van der Waals surface area contributed by atoms with Crippen LogP contribution in [0.5, 0.6) is 0 Å². The van der Waals surface area contributed by atoms with E-state index in [0.717, 1.165) is 0 Å². The van der Waals surface area contributed by atoms with Gasteiger partial charge in [0.1, 0.15) is 0 Å². The quantitative estimate of drug-likeness (QED) is 0.175. The molecule has 0 saturated carbocycles. The van der Waals surface area contributed by atoms with Gasteiger partial charge in [-0.1, -0.05) is 0 Å². The average Bonchev–Trinajstić information content (AvgIpc) is 2.11. The van der Waals surface area contributed by atoms with Crippen molar-refractivity contribution in [3.05, 3.63) is 5.21 Å². The molecule has 0 amide bonds. The number of hydrogen-bond donors (Lipinski definition) is 1. The van der Waals surface area contributed by atoms with Crippen LogP contribution in [-0.2, 0) is 9.53 Å². The summed E-state index contributed by atoms with van der Waals surface area (Å²) >= 11 is 0. The van der Waals surface area contributed by atoms with E-state index in [0.29, 0.717) is 31.4 Å². The highest BCUT2D eigenvalue weighted by molar-refractivity contribution is 5.76. The Morgan fingerprint density at radius 2 is 2.00 bits per heavy atom. The van der Waals surface area contributed by atoms with Crippen molar-refractivity contribution in [2.45, 2.75) is 32.6 Å². The smallest absolute Gasteiger partial charge is 0.305 e. The molecule has 0 bridgehead atoms. The molecule has 0 rings (SSSR count). The van der Waals surface area contributed by atoms with Crippen LogP contribution in [0.15, 0.2) is 0 Å². The Kier molecular flexibility index (Phi) is 5.67. The van der Waals surface area contributed by atoms with Crippen LogP contribution in [0, 0.1) is 5.21 Å². The average molecular weight is 189 g/mol. The molecule has 0 radical (unpaired) electrons. The lowest BCUT2D eigenvalue weighted by molar-refractivity contribution is -0.727. The summed E-state index contributed by atoms with van der Waals surface area (Å²) in [6.07, 6.45) is 2.21. The van der Waals surface area contributed by atoms with Gasteiger partial charge in [0.25, 0.3) is 0 Å².